The molecular formula is C11H10F3N3O3. The van der Waals surface area contributed by atoms with Crippen molar-refractivity contribution in [3.05, 3.63) is 23.8 Å². The quantitative estimate of drug-likeness (QED) is 0.873. The van der Waals surface area contributed by atoms with E-state index in [1.807, 2.05) is 5.32 Å². The lowest BCUT2D eigenvalue weighted by Gasteiger charge is -2.40. The largest absolute Gasteiger partial charge is 0.478 e. The Kier molecular flexibility index (Phi) is 3.36. The number of alkyl halides is 3. The number of aromatic carboxylic acids is 1. The molecule has 1 aliphatic carbocycles. The van der Waals surface area contributed by atoms with Crippen LogP contribution in [0.3, 0.4) is 0 Å². The van der Waals surface area contributed by atoms with Crippen LogP contribution in [-0.2, 0) is 10.3 Å². The molecule has 0 bridgehead atoms. The number of amides is 1. The summed E-state index contributed by atoms with van der Waals surface area (Å²) in [7, 11) is 0. The molecule has 1 aromatic heterocycles. The zero-order valence-electron chi connectivity index (χ0n) is 10.1. The van der Waals surface area contributed by atoms with E-state index >= 15 is 0 Å². The Morgan fingerprint density at radius 1 is 1.25 bits per heavy atom. The lowest BCUT2D eigenvalue weighted by atomic mass is 9.76. The van der Waals surface area contributed by atoms with Gasteiger partial charge in [0.05, 0.1) is 5.56 Å². The molecule has 0 aromatic carbocycles. The van der Waals surface area contributed by atoms with E-state index in [0.29, 0.717) is 6.42 Å². The third-order valence-electron chi connectivity index (χ3n) is 3.14. The van der Waals surface area contributed by atoms with Crippen molar-refractivity contribution in [3.8, 4) is 0 Å². The minimum absolute atomic E-state index is 0.00801. The van der Waals surface area contributed by atoms with E-state index < -0.39 is 23.6 Å². The molecule has 2 rings (SSSR count). The molecule has 1 aliphatic rings. The molecule has 2 N–H and O–H groups in total. The average molecular weight is 289 g/mol. The molecule has 108 valence electrons. The maximum Gasteiger partial charge on any atom is 0.471 e. The summed E-state index contributed by atoms with van der Waals surface area (Å²) in [6.07, 6.45) is -1.79. The Morgan fingerprint density at radius 3 is 2.15 bits per heavy atom. The second kappa shape index (κ2) is 4.73. The maximum atomic E-state index is 12.3. The highest BCUT2D eigenvalue weighted by molar-refractivity contribution is 5.86. The molecule has 0 unspecified atom stereocenters. The molecule has 1 heterocycles. The first-order chi connectivity index (χ1) is 9.24. The molecule has 1 fully saturated rings. The predicted molar refractivity (Wildman–Crippen MR) is 58.7 cm³/mol. The van der Waals surface area contributed by atoms with Gasteiger partial charge >= 0.3 is 18.1 Å². The van der Waals surface area contributed by atoms with E-state index in [1.165, 1.54) is 0 Å². The standard InChI is InChI=1S/C11H10F3N3O3/c12-11(13,14)9(20)17-10(2-1-3-10)8-15-4-6(5-16-8)7(18)19/h4-5H,1-3H2,(H,17,20)(H,18,19). The van der Waals surface area contributed by atoms with Gasteiger partial charge in [0.25, 0.3) is 0 Å². The van der Waals surface area contributed by atoms with Crippen LogP contribution in [0.25, 0.3) is 0 Å². The van der Waals surface area contributed by atoms with Crippen molar-refractivity contribution >= 4 is 11.9 Å². The summed E-state index contributed by atoms with van der Waals surface area (Å²) in [6.45, 7) is 0. The zero-order valence-corrected chi connectivity index (χ0v) is 10.1. The Morgan fingerprint density at radius 2 is 1.80 bits per heavy atom. The number of halogens is 3. The van der Waals surface area contributed by atoms with Crippen LogP contribution in [0.1, 0.15) is 35.4 Å². The van der Waals surface area contributed by atoms with Crippen molar-refractivity contribution in [1.29, 1.82) is 0 Å². The van der Waals surface area contributed by atoms with Crippen LogP contribution in [0.4, 0.5) is 13.2 Å². The Balaban J connectivity index is 2.23. The van der Waals surface area contributed by atoms with Gasteiger partial charge < -0.3 is 10.4 Å². The number of nitrogens with zero attached hydrogens (tertiary/aromatic N) is 2. The molecule has 0 radical (unpaired) electrons. The van der Waals surface area contributed by atoms with Crippen molar-refractivity contribution in [3.63, 3.8) is 0 Å². The molecule has 0 saturated heterocycles. The summed E-state index contributed by atoms with van der Waals surface area (Å²) in [5.41, 5.74) is -1.44. The van der Waals surface area contributed by atoms with Crippen molar-refractivity contribution in [2.75, 3.05) is 0 Å². The smallest absolute Gasteiger partial charge is 0.471 e. The predicted octanol–water partition coefficient (Wildman–Crippen LogP) is 1.23. The minimum Gasteiger partial charge on any atom is -0.478 e. The maximum absolute atomic E-state index is 12.3. The van der Waals surface area contributed by atoms with Crippen molar-refractivity contribution in [2.24, 2.45) is 0 Å². The van der Waals surface area contributed by atoms with E-state index in [2.05, 4.69) is 9.97 Å². The van der Waals surface area contributed by atoms with Gasteiger partial charge in [-0.3, -0.25) is 4.79 Å². The highest BCUT2D eigenvalue weighted by atomic mass is 19.4. The van der Waals surface area contributed by atoms with Gasteiger partial charge in [-0.1, -0.05) is 0 Å². The van der Waals surface area contributed by atoms with Gasteiger partial charge in [0.1, 0.15) is 5.54 Å². The van der Waals surface area contributed by atoms with E-state index in [1.54, 1.807) is 0 Å². The Labute approximate surface area is 111 Å². The van der Waals surface area contributed by atoms with Crippen LogP contribution in [0.15, 0.2) is 12.4 Å². The van der Waals surface area contributed by atoms with Crippen LogP contribution >= 0.6 is 0 Å². The van der Waals surface area contributed by atoms with Crippen molar-refractivity contribution in [2.45, 2.75) is 31.0 Å². The number of carbonyl (C=O) groups excluding carboxylic acids is 1. The topological polar surface area (TPSA) is 92.2 Å². The van der Waals surface area contributed by atoms with Gasteiger partial charge in [-0.15, -0.1) is 0 Å². The molecule has 0 atom stereocenters. The summed E-state index contributed by atoms with van der Waals surface area (Å²) < 4.78 is 36.9. The van der Waals surface area contributed by atoms with Crippen LogP contribution in [-0.4, -0.2) is 33.1 Å². The summed E-state index contributed by atoms with van der Waals surface area (Å²) in [6, 6.07) is 0. The number of carbonyl (C=O) groups is 2. The highest BCUT2D eigenvalue weighted by Gasteiger charge is 2.49. The van der Waals surface area contributed by atoms with Gasteiger partial charge in [0, 0.05) is 12.4 Å². The monoisotopic (exact) mass is 289 g/mol. The molecule has 1 amide bonds. The first-order valence-electron chi connectivity index (χ1n) is 5.70. The number of hydrogen-bond acceptors (Lipinski definition) is 4. The van der Waals surface area contributed by atoms with Gasteiger partial charge in [0.2, 0.25) is 0 Å². The summed E-state index contributed by atoms with van der Waals surface area (Å²) in [5, 5.41) is 10.6. The number of nitrogens with one attached hydrogen (secondary N) is 1. The lowest BCUT2D eigenvalue weighted by Crippen LogP contribution is -2.55. The fourth-order valence-corrected chi connectivity index (χ4v) is 1.91. The fourth-order valence-electron chi connectivity index (χ4n) is 1.91. The van der Waals surface area contributed by atoms with Gasteiger partial charge in [-0.25, -0.2) is 14.8 Å². The molecule has 1 aromatic rings. The second-order valence-electron chi connectivity index (χ2n) is 4.49. The van der Waals surface area contributed by atoms with Crippen LogP contribution < -0.4 is 5.32 Å². The van der Waals surface area contributed by atoms with E-state index in [4.69, 9.17) is 5.11 Å². The molecule has 1 saturated carbocycles. The number of rotatable bonds is 3. The Hall–Kier alpha value is -2.19. The first-order valence-corrected chi connectivity index (χ1v) is 5.70. The fraction of sp³-hybridized carbons (Fsp3) is 0.455. The molecule has 0 aliphatic heterocycles. The molecule has 9 heteroatoms. The summed E-state index contributed by atoms with van der Waals surface area (Å²) in [4.78, 5) is 29.2. The average Bonchev–Trinajstić information content (AvgIpc) is 2.32. The third kappa shape index (κ3) is 2.56. The van der Waals surface area contributed by atoms with Crippen LogP contribution in [0.2, 0.25) is 0 Å². The van der Waals surface area contributed by atoms with Crippen LogP contribution in [0, 0.1) is 0 Å². The highest BCUT2D eigenvalue weighted by Crippen LogP contribution is 2.40. The Bertz CT molecular complexity index is 538. The molecule has 0 spiro atoms. The zero-order chi connectivity index (χ0) is 15.0. The second-order valence-corrected chi connectivity index (χ2v) is 4.49. The van der Waals surface area contributed by atoms with E-state index in [-0.39, 0.29) is 24.2 Å². The van der Waals surface area contributed by atoms with Gasteiger partial charge in [-0.05, 0) is 19.3 Å². The normalized spacial score (nSPS) is 17.1. The van der Waals surface area contributed by atoms with Crippen LogP contribution in [0.5, 0.6) is 0 Å². The number of carboxylic acid groups (broad SMARTS) is 1. The molecule has 20 heavy (non-hydrogen) atoms. The number of carboxylic acids is 1. The lowest BCUT2D eigenvalue weighted by molar-refractivity contribution is -0.177. The van der Waals surface area contributed by atoms with E-state index in [9.17, 15) is 22.8 Å². The van der Waals surface area contributed by atoms with E-state index in [0.717, 1.165) is 12.4 Å². The van der Waals surface area contributed by atoms with Gasteiger partial charge in [-0.2, -0.15) is 13.2 Å². The minimum atomic E-state index is -4.98. The molecular weight excluding hydrogens is 279 g/mol. The summed E-state index contributed by atoms with van der Waals surface area (Å²) >= 11 is 0. The van der Waals surface area contributed by atoms with Crippen molar-refractivity contribution in [1.82, 2.24) is 15.3 Å². The molecule has 6 nitrogen and oxygen atoms in total. The summed E-state index contributed by atoms with van der Waals surface area (Å²) in [5.74, 6) is -3.30. The number of hydrogen-bond donors (Lipinski definition) is 2. The first kappa shape index (κ1) is 14.2. The van der Waals surface area contributed by atoms with Crippen molar-refractivity contribution < 1.29 is 27.9 Å². The van der Waals surface area contributed by atoms with Gasteiger partial charge in [0.15, 0.2) is 5.82 Å². The third-order valence-corrected chi connectivity index (χ3v) is 3.14. The number of aromatic nitrogens is 2. The SMILES string of the molecule is O=C(O)c1cnc(C2(NC(=O)C(F)(F)F)CCC2)nc1.